The maximum atomic E-state index is 11.8. The molecule has 2 aromatic carbocycles. The zero-order valence-electron chi connectivity index (χ0n) is 12.3. The van der Waals surface area contributed by atoms with Crippen LogP contribution < -0.4 is 0 Å². The molecule has 1 saturated heterocycles. The van der Waals surface area contributed by atoms with Crippen LogP contribution in [0.5, 0.6) is 0 Å². The molecule has 3 rings (SSSR count). The molecule has 0 radical (unpaired) electrons. The summed E-state index contributed by atoms with van der Waals surface area (Å²) in [6.45, 7) is 2.92. The minimum absolute atomic E-state index is 0.123. The van der Waals surface area contributed by atoms with E-state index < -0.39 is 0 Å². The maximum Gasteiger partial charge on any atom is 0.325 e. The number of esters is 1. The van der Waals surface area contributed by atoms with E-state index in [2.05, 4.69) is 48.2 Å². The molecule has 3 atom stereocenters. The van der Waals surface area contributed by atoms with Crippen LogP contribution in [0.3, 0.4) is 0 Å². The molecule has 0 saturated carbocycles. The molecule has 3 nitrogen and oxygen atoms in total. The molecule has 108 valence electrons. The number of nitrogens with zero attached hydrogens (tertiary/aromatic N) is 1. The van der Waals surface area contributed by atoms with Crippen molar-refractivity contribution in [1.82, 2.24) is 4.90 Å². The van der Waals surface area contributed by atoms with Gasteiger partial charge in [0.05, 0.1) is 13.2 Å². The van der Waals surface area contributed by atoms with E-state index in [1.54, 1.807) is 0 Å². The highest BCUT2D eigenvalue weighted by molar-refractivity contribution is 5.80. The van der Waals surface area contributed by atoms with E-state index in [1.807, 2.05) is 18.2 Å². The molecule has 0 aliphatic carbocycles. The third-order valence-electron chi connectivity index (χ3n) is 4.09. The highest BCUT2D eigenvalue weighted by atomic mass is 16.5. The zero-order valence-corrected chi connectivity index (χ0v) is 12.3. The summed E-state index contributed by atoms with van der Waals surface area (Å²) in [5.41, 5.74) is 3.57. The number of carbonyl (C=O) groups is 1. The van der Waals surface area contributed by atoms with Crippen molar-refractivity contribution in [3.63, 3.8) is 0 Å². The smallest absolute Gasteiger partial charge is 0.325 e. The molecule has 21 heavy (non-hydrogen) atoms. The van der Waals surface area contributed by atoms with Gasteiger partial charge in [-0.15, -0.1) is 0 Å². The lowest BCUT2D eigenvalue weighted by molar-refractivity contribution is -0.140. The Hall–Kier alpha value is -2.13. The summed E-state index contributed by atoms with van der Waals surface area (Å²) in [7, 11) is 1.45. The summed E-state index contributed by atoms with van der Waals surface area (Å²) in [5, 5.41) is 0. The summed E-state index contributed by atoms with van der Waals surface area (Å²) >= 11 is 0. The Balaban J connectivity index is 1.81. The van der Waals surface area contributed by atoms with Gasteiger partial charge in [0.15, 0.2) is 0 Å². The van der Waals surface area contributed by atoms with Gasteiger partial charge in [0.25, 0.3) is 0 Å². The van der Waals surface area contributed by atoms with Crippen LogP contribution in [-0.4, -0.2) is 30.6 Å². The van der Waals surface area contributed by atoms with Crippen molar-refractivity contribution in [2.45, 2.75) is 19.0 Å². The van der Waals surface area contributed by atoms with Gasteiger partial charge < -0.3 is 4.74 Å². The fraction of sp³-hybridized carbons (Fsp3) is 0.278. The van der Waals surface area contributed by atoms with Crippen LogP contribution in [0.25, 0.3) is 11.1 Å². The Labute approximate surface area is 125 Å². The van der Waals surface area contributed by atoms with Crippen LogP contribution in [0.2, 0.25) is 0 Å². The lowest BCUT2D eigenvalue weighted by Crippen LogP contribution is -2.14. The van der Waals surface area contributed by atoms with Crippen molar-refractivity contribution < 1.29 is 9.53 Å². The van der Waals surface area contributed by atoms with Gasteiger partial charge in [0, 0.05) is 0 Å². The fourth-order valence-electron chi connectivity index (χ4n) is 2.93. The minimum Gasteiger partial charge on any atom is -0.468 e. The van der Waals surface area contributed by atoms with Crippen LogP contribution >= 0.6 is 0 Å². The second-order valence-electron chi connectivity index (χ2n) is 5.23. The van der Waals surface area contributed by atoms with Crippen molar-refractivity contribution in [2.75, 3.05) is 13.7 Å². The number of hydrogen-bond donors (Lipinski definition) is 0. The molecule has 0 bridgehead atoms. The Morgan fingerprint density at radius 2 is 1.67 bits per heavy atom. The van der Waals surface area contributed by atoms with Crippen molar-refractivity contribution in [2.24, 2.45) is 0 Å². The first-order valence-corrected chi connectivity index (χ1v) is 7.25. The lowest BCUT2D eigenvalue weighted by Gasteiger charge is -2.04. The van der Waals surface area contributed by atoms with Gasteiger partial charge in [0.2, 0.25) is 0 Å². The van der Waals surface area contributed by atoms with E-state index in [-0.39, 0.29) is 18.1 Å². The second kappa shape index (κ2) is 5.70. The number of likely N-dealkylation sites (N-methyl/N-ethyl adjacent to an activating group) is 1. The molecule has 0 N–H and O–H groups in total. The van der Waals surface area contributed by atoms with E-state index in [0.29, 0.717) is 0 Å². The molecule has 0 spiro atoms. The summed E-state index contributed by atoms with van der Waals surface area (Å²) < 4.78 is 4.87. The highest BCUT2D eigenvalue weighted by Crippen LogP contribution is 2.43. The molecule has 1 unspecified atom stereocenters. The van der Waals surface area contributed by atoms with Crippen molar-refractivity contribution in [1.29, 1.82) is 0 Å². The molecule has 3 heteroatoms. The number of ether oxygens (including phenoxy) is 1. The van der Waals surface area contributed by atoms with Gasteiger partial charge in [-0.25, -0.2) is 0 Å². The van der Waals surface area contributed by atoms with Crippen molar-refractivity contribution in [3.05, 3.63) is 60.2 Å². The Kier molecular flexibility index (Phi) is 3.76. The third kappa shape index (κ3) is 2.57. The number of methoxy groups -OCH3 is 1. The van der Waals surface area contributed by atoms with E-state index in [9.17, 15) is 4.79 Å². The first kappa shape index (κ1) is 13.8. The average molecular weight is 281 g/mol. The Morgan fingerprint density at radius 1 is 1.05 bits per heavy atom. The number of carbonyl (C=O) groups excluding carboxylic acids is 1. The van der Waals surface area contributed by atoms with Crippen LogP contribution in [0.1, 0.15) is 18.5 Å². The summed E-state index contributed by atoms with van der Waals surface area (Å²) in [5.74, 6) is -0.144. The lowest BCUT2D eigenvalue weighted by atomic mass is 10.0. The van der Waals surface area contributed by atoms with E-state index in [0.717, 1.165) is 6.54 Å². The monoisotopic (exact) mass is 281 g/mol. The first-order chi connectivity index (χ1) is 10.3. The van der Waals surface area contributed by atoms with Gasteiger partial charge in [-0.2, -0.15) is 0 Å². The van der Waals surface area contributed by atoms with Crippen LogP contribution in [0, 0.1) is 0 Å². The summed E-state index contributed by atoms with van der Waals surface area (Å²) in [6.07, 6.45) is 0. The predicted molar refractivity (Wildman–Crippen MR) is 82.8 cm³/mol. The molecular weight excluding hydrogens is 262 g/mol. The zero-order chi connectivity index (χ0) is 14.8. The van der Waals surface area contributed by atoms with Crippen molar-refractivity contribution in [3.8, 4) is 11.1 Å². The standard InChI is InChI=1S/C18H19NO2/c1-3-19-16(17(19)18(20)21-2)15-11-9-14(10-12-15)13-7-5-4-6-8-13/h4-12,16-17H,3H2,1-2H3/t16-,17-,19?/m0/s1. The van der Waals surface area contributed by atoms with E-state index in [4.69, 9.17) is 4.74 Å². The number of hydrogen-bond acceptors (Lipinski definition) is 3. The molecule has 1 aliphatic rings. The Bertz CT molecular complexity index is 621. The van der Waals surface area contributed by atoms with Crippen molar-refractivity contribution >= 4 is 5.97 Å². The molecule has 1 fully saturated rings. The topological polar surface area (TPSA) is 29.3 Å². The third-order valence-corrected chi connectivity index (χ3v) is 4.09. The SMILES string of the molecule is CCN1[C@H](C(=O)OC)[C@@H]1c1ccc(-c2ccccc2)cc1. The van der Waals surface area contributed by atoms with Gasteiger partial charge in [-0.1, -0.05) is 61.5 Å². The molecule has 2 aromatic rings. The normalized spacial score (nSPS) is 23.6. The van der Waals surface area contributed by atoms with Crippen LogP contribution in [0.4, 0.5) is 0 Å². The average Bonchev–Trinajstić information content (AvgIpc) is 3.29. The Morgan fingerprint density at radius 3 is 2.24 bits per heavy atom. The second-order valence-corrected chi connectivity index (χ2v) is 5.23. The molecular formula is C18H19NO2. The predicted octanol–water partition coefficient (Wildman–Crippen LogP) is 3.27. The van der Waals surface area contributed by atoms with Gasteiger partial charge >= 0.3 is 5.97 Å². The van der Waals surface area contributed by atoms with Gasteiger partial charge in [-0.05, 0) is 23.2 Å². The number of rotatable bonds is 4. The largest absolute Gasteiger partial charge is 0.468 e. The van der Waals surface area contributed by atoms with Crippen LogP contribution in [-0.2, 0) is 9.53 Å². The van der Waals surface area contributed by atoms with Crippen LogP contribution in [0.15, 0.2) is 54.6 Å². The first-order valence-electron chi connectivity index (χ1n) is 7.25. The van der Waals surface area contributed by atoms with E-state index >= 15 is 0 Å². The summed E-state index contributed by atoms with van der Waals surface area (Å²) in [6, 6.07) is 18.8. The van der Waals surface area contributed by atoms with Gasteiger partial charge in [-0.3, -0.25) is 9.69 Å². The molecule has 0 aromatic heterocycles. The molecule has 1 heterocycles. The van der Waals surface area contributed by atoms with Gasteiger partial charge in [0.1, 0.15) is 6.04 Å². The van der Waals surface area contributed by atoms with E-state index in [1.165, 1.54) is 23.8 Å². The minimum atomic E-state index is -0.144. The summed E-state index contributed by atoms with van der Waals surface area (Å²) in [4.78, 5) is 13.9. The molecule has 0 amide bonds. The molecule has 1 aliphatic heterocycles. The maximum absolute atomic E-state index is 11.8. The number of benzene rings is 2. The fourth-order valence-corrected chi connectivity index (χ4v) is 2.93. The quantitative estimate of drug-likeness (QED) is 0.636. The highest BCUT2D eigenvalue weighted by Gasteiger charge is 2.52.